The van der Waals surface area contributed by atoms with E-state index in [4.69, 9.17) is 0 Å². The lowest BCUT2D eigenvalue weighted by atomic mass is 9.97. The molecule has 0 fully saturated rings. The van der Waals surface area contributed by atoms with Crippen molar-refractivity contribution in [1.82, 2.24) is 10.2 Å². The molecule has 0 unspecified atom stereocenters. The molecule has 1 aromatic rings. The van der Waals surface area contributed by atoms with Gasteiger partial charge in [-0.1, -0.05) is 42.0 Å². The molecule has 2 rings (SSSR count). The van der Waals surface area contributed by atoms with Crippen LogP contribution in [0.15, 0.2) is 42.0 Å². The normalized spacial score (nSPS) is 13.9. The van der Waals surface area contributed by atoms with Gasteiger partial charge < -0.3 is 10.2 Å². The first kappa shape index (κ1) is 19.2. The molecule has 25 heavy (non-hydrogen) atoms. The summed E-state index contributed by atoms with van der Waals surface area (Å²) in [6.45, 7) is 2.97. The van der Waals surface area contributed by atoms with Crippen LogP contribution in [-0.2, 0) is 16.0 Å². The van der Waals surface area contributed by atoms with Gasteiger partial charge in [0.15, 0.2) is 0 Å². The maximum atomic E-state index is 12.1. The molecule has 1 aromatic carbocycles. The van der Waals surface area contributed by atoms with Crippen LogP contribution >= 0.6 is 0 Å². The lowest BCUT2D eigenvalue weighted by Crippen LogP contribution is -2.40. The molecule has 0 bridgehead atoms. The summed E-state index contributed by atoms with van der Waals surface area (Å²) in [4.78, 5) is 25.5. The molecule has 4 nitrogen and oxygen atoms in total. The van der Waals surface area contributed by atoms with Gasteiger partial charge in [0, 0.05) is 20.0 Å². The number of rotatable bonds is 9. The van der Waals surface area contributed by atoms with E-state index in [1.54, 1.807) is 4.90 Å². The second-order valence-corrected chi connectivity index (χ2v) is 6.74. The Kier molecular flexibility index (Phi) is 8.23. The summed E-state index contributed by atoms with van der Waals surface area (Å²) >= 11 is 0. The molecular weight excluding hydrogens is 312 g/mol. The van der Waals surface area contributed by atoms with Crippen LogP contribution < -0.4 is 5.32 Å². The van der Waals surface area contributed by atoms with Crippen molar-refractivity contribution in [3.05, 3.63) is 47.5 Å². The molecule has 0 saturated carbocycles. The molecule has 0 heterocycles. The van der Waals surface area contributed by atoms with Crippen LogP contribution in [0.3, 0.4) is 0 Å². The molecule has 136 valence electrons. The van der Waals surface area contributed by atoms with E-state index >= 15 is 0 Å². The van der Waals surface area contributed by atoms with Gasteiger partial charge in [-0.25, -0.2) is 0 Å². The quantitative estimate of drug-likeness (QED) is 0.699. The smallest absolute Gasteiger partial charge is 0.239 e. The van der Waals surface area contributed by atoms with Crippen molar-refractivity contribution < 1.29 is 9.59 Å². The van der Waals surface area contributed by atoms with Gasteiger partial charge >= 0.3 is 0 Å². The first-order valence-electron chi connectivity index (χ1n) is 9.39. The number of hydrogen-bond donors (Lipinski definition) is 1. The van der Waals surface area contributed by atoms with Gasteiger partial charge in [0.25, 0.3) is 0 Å². The highest BCUT2D eigenvalue weighted by Crippen LogP contribution is 2.19. The van der Waals surface area contributed by atoms with Gasteiger partial charge in [-0.05, 0) is 50.5 Å². The van der Waals surface area contributed by atoms with Crippen LogP contribution in [0.25, 0.3) is 0 Å². The monoisotopic (exact) mass is 342 g/mol. The zero-order valence-electron chi connectivity index (χ0n) is 15.3. The Morgan fingerprint density at radius 1 is 1.12 bits per heavy atom. The summed E-state index contributed by atoms with van der Waals surface area (Å²) in [5.41, 5.74) is 2.72. The summed E-state index contributed by atoms with van der Waals surface area (Å²) in [5.74, 6) is -0.107. The number of carbonyl (C=O) groups is 2. The predicted octanol–water partition coefficient (Wildman–Crippen LogP) is 3.47. The van der Waals surface area contributed by atoms with Gasteiger partial charge in [-0.2, -0.15) is 0 Å². The topological polar surface area (TPSA) is 49.4 Å². The fraction of sp³-hybridized carbons (Fsp3) is 0.524. The Labute approximate surface area is 151 Å². The first-order valence-corrected chi connectivity index (χ1v) is 9.39. The van der Waals surface area contributed by atoms with Gasteiger partial charge in [0.05, 0.1) is 6.54 Å². The molecule has 1 aliphatic rings. The maximum absolute atomic E-state index is 12.1. The SMILES string of the molecule is CC(=O)N(CCCc1ccccc1)CC(=O)NCCC1=CCCCC1. The van der Waals surface area contributed by atoms with Gasteiger partial charge in [0.2, 0.25) is 11.8 Å². The first-order chi connectivity index (χ1) is 12.1. The molecular formula is C21H30N2O2. The minimum Gasteiger partial charge on any atom is -0.354 e. The number of benzene rings is 1. The van der Waals surface area contributed by atoms with Crippen LogP contribution in [0.2, 0.25) is 0 Å². The highest BCUT2D eigenvalue weighted by atomic mass is 16.2. The van der Waals surface area contributed by atoms with E-state index in [2.05, 4.69) is 23.5 Å². The van der Waals surface area contributed by atoms with Crippen molar-refractivity contribution in [2.24, 2.45) is 0 Å². The third-order valence-corrected chi connectivity index (χ3v) is 4.67. The van der Waals surface area contributed by atoms with E-state index in [1.807, 2.05) is 18.2 Å². The van der Waals surface area contributed by atoms with Gasteiger partial charge in [-0.15, -0.1) is 0 Å². The molecule has 0 saturated heterocycles. The van der Waals surface area contributed by atoms with E-state index in [0.717, 1.165) is 25.7 Å². The van der Waals surface area contributed by atoms with Crippen molar-refractivity contribution in [2.75, 3.05) is 19.6 Å². The number of nitrogens with zero attached hydrogens (tertiary/aromatic N) is 1. The third kappa shape index (κ3) is 7.55. The van der Waals surface area contributed by atoms with Crippen molar-refractivity contribution >= 4 is 11.8 Å². The average Bonchev–Trinajstić information content (AvgIpc) is 2.62. The minimum absolute atomic E-state index is 0.0433. The molecule has 0 aromatic heterocycles. The fourth-order valence-electron chi connectivity index (χ4n) is 3.19. The number of nitrogens with one attached hydrogen (secondary N) is 1. The number of amides is 2. The summed E-state index contributed by atoms with van der Waals surface area (Å²) in [6.07, 6.45) is 9.90. The standard InChI is InChI=1S/C21H30N2O2/c1-18(24)23(16-8-13-19-9-4-2-5-10-19)17-21(25)22-15-14-20-11-6-3-7-12-20/h2,4-5,9-11H,3,6-8,12-17H2,1H3,(H,22,25). The van der Waals surface area contributed by atoms with Crippen LogP contribution in [0.5, 0.6) is 0 Å². The molecule has 0 spiro atoms. The second kappa shape index (κ2) is 10.7. The Bertz CT molecular complexity index is 581. The van der Waals surface area contributed by atoms with Crippen molar-refractivity contribution in [2.45, 2.75) is 51.9 Å². The molecule has 0 atom stereocenters. The average molecular weight is 342 g/mol. The predicted molar refractivity (Wildman–Crippen MR) is 101 cm³/mol. The van der Waals surface area contributed by atoms with Gasteiger partial charge in [0.1, 0.15) is 0 Å². The highest BCUT2D eigenvalue weighted by Gasteiger charge is 2.13. The summed E-state index contributed by atoms with van der Waals surface area (Å²) < 4.78 is 0. The Morgan fingerprint density at radius 2 is 1.92 bits per heavy atom. The molecule has 0 aliphatic heterocycles. The molecule has 1 N–H and O–H groups in total. The highest BCUT2D eigenvalue weighted by molar-refractivity contribution is 5.83. The largest absolute Gasteiger partial charge is 0.354 e. The Balaban J connectivity index is 1.67. The van der Waals surface area contributed by atoms with E-state index < -0.39 is 0 Å². The fourth-order valence-corrected chi connectivity index (χ4v) is 3.19. The summed E-state index contributed by atoms with van der Waals surface area (Å²) in [7, 11) is 0. The van der Waals surface area contributed by atoms with Crippen molar-refractivity contribution in [3.63, 3.8) is 0 Å². The minimum atomic E-state index is -0.0636. The summed E-state index contributed by atoms with van der Waals surface area (Å²) in [6, 6.07) is 10.2. The summed E-state index contributed by atoms with van der Waals surface area (Å²) in [5, 5.41) is 2.95. The lowest BCUT2D eigenvalue weighted by Gasteiger charge is -2.21. The van der Waals surface area contributed by atoms with Crippen LogP contribution in [0, 0.1) is 0 Å². The lowest BCUT2D eigenvalue weighted by molar-refractivity contribution is -0.134. The molecule has 1 aliphatic carbocycles. The van der Waals surface area contributed by atoms with Crippen LogP contribution in [-0.4, -0.2) is 36.3 Å². The van der Waals surface area contributed by atoms with Gasteiger partial charge in [-0.3, -0.25) is 9.59 Å². The van der Waals surface area contributed by atoms with E-state index in [1.165, 1.54) is 37.3 Å². The van der Waals surface area contributed by atoms with E-state index in [0.29, 0.717) is 13.1 Å². The van der Waals surface area contributed by atoms with Crippen LogP contribution in [0.4, 0.5) is 0 Å². The Morgan fingerprint density at radius 3 is 2.60 bits per heavy atom. The number of aryl methyl sites for hydroxylation is 1. The zero-order chi connectivity index (χ0) is 17.9. The molecule has 0 radical (unpaired) electrons. The van der Waals surface area contributed by atoms with Crippen molar-refractivity contribution in [1.29, 1.82) is 0 Å². The third-order valence-electron chi connectivity index (χ3n) is 4.67. The zero-order valence-corrected chi connectivity index (χ0v) is 15.3. The van der Waals surface area contributed by atoms with E-state index in [-0.39, 0.29) is 18.4 Å². The number of hydrogen-bond acceptors (Lipinski definition) is 2. The number of allylic oxidation sites excluding steroid dienone is 1. The Hall–Kier alpha value is -2.10. The second-order valence-electron chi connectivity index (χ2n) is 6.74. The molecule has 2 amide bonds. The van der Waals surface area contributed by atoms with Crippen LogP contribution in [0.1, 0.15) is 51.0 Å². The maximum Gasteiger partial charge on any atom is 0.239 e. The van der Waals surface area contributed by atoms with E-state index in [9.17, 15) is 9.59 Å². The molecule has 4 heteroatoms. The van der Waals surface area contributed by atoms with Crippen molar-refractivity contribution in [3.8, 4) is 0 Å². The number of carbonyl (C=O) groups excluding carboxylic acids is 2.